The Morgan fingerprint density at radius 2 is 0.966 bits per heavy atom. The summed E-state index contributed by atoms with van der Waals surface area (Å²) in [7, 11) is 0. The van der Waals surface area contributed by atoms with Gasteiger partial charge in [-0.1, -0.05) is 25.8 Å². The molecular formula is C52H50Br5N21O8S. The van der Waals surface area contributed by atoms with E-state index in [-0.39, 0.29) is 38.9 Å². The molecule has 0 atom stereocenters. The Kier molecular flexibility index (Phi) is 29.7. The number of H-pyrrole nitrogens is 2. The van der Waals surface area contributed by atoms with E-state index in [1.807, 2.05) is 45.9 Å². The first kappa shape index (κ1) is 73.7. The zero-order valence-electron chi connectivity index (χ0n) is 46.8. The van der Waals surface area contributed by atoms with E-state index in [0.29, 0.717) is 64.0 Å². The number of nitrogen functional groups attached to an aromatic ring is 5. The van der Waals surface area contributed by atoms with Crippen molar-refractivity contribution in [3.05, 3.63) is 233 Å². The molecule has 0 bridgehead atoms. The molecule has 0 aromatic carbocycles. The molecule has 9 aromatic heterocycles. The summed E-state index contributed by atoms with van der Waals surface area (Å²) in [6.07, 6.45) is 11.1. The molecule has 9 heterocycles. The van der Waals surface area contributed by atoms with Crippen LogP contribution in [0.2, 0.25) is 0 Å². The number of anilines is 5. The Balaban J connectivity index is 0.000000341. The predicted octanol–water partition coefficient (Wildman–Crippen LogP) is 13.2. The molecule has 0 saturated carbocycles. The van der Waals surface area contributed by atoms with Crippen LogP contribution in [0.4, 0.5) is 63.0 Å². The van der Waals surface area contributed by atoms with Gasteiger partial charge >= 0.3 is 11.4 Å². The molecule has 29 nitrogen and oxygen atoms in total. The summed E-state index contributed by atoms with van der Waals surface area (Å²) in [4.78, 5) is 68.0. The normalized spacial score (nSPS) is 9.59. The van der Waals surface area contributed by atoms with Gasteiger partial charge in [-0.15, -0.1) is 15.0 Å². The van der Waals surface area contributed by atoms with Crippen molar-refractivity contribution in [1.82, 2.24) is 39.9 Å². The highest BCUT2D eigenvalue weighted by atomic mass is 79.9. The molecule has 0 aliphatic carbocycles. The van der Waals surface area contributed by atoms with E-state index in [2.05, 4.69) is 134 Å². The smallest absolute Gasteiger partial charge is 0.332 e. The summed E-state index contributed by atoms with van der Waals surface area (Å²) in [5.41, 5.74) is 36.4. The summed E-state index contributed by atoms with van der Waals surface area (Å²) < 4.78 is 4.93. The Hall–Kier alpha value is -9.44. The summed E-state index contributed by atoms with van der Waals surface area (Å²) in [6, 6.07) is 10.5. The molecule has 0 fully saturated rings. The van der Waals surface area contributed by atoms with Crippen LogP contribution in [0.25, 0.3) is 25.6 Å². The third kappa shape index (κ3) is 21.5. The van der Waals surface area contributed by atoms with Crippen molar-refractivity contribution in [2.75, 3.05) is 28.7 Å². The highest BCUT2D eigenvalue weighted by Gasteiger charge is 2.20. The summed E-state index contributed by atoms with van der Waals surface area (Å²) in [5, 5.41) is 52.7. The first-order chi connectivity index (χ1) is 40.8. The maximum atomic E-state index is 10.9. The second-order valence-electron chi connectivity index (χ2n) is 16.9. The number of aryl methyl sites for hydroxylation is 3. The zero-order chi connectivity index (χ0) is 66.2. The first-order valence-electron chi connectivity index (χ1n) is 23.7. The lowest BCUT2D eigenvalue weighted by molar-refractivity contribution is -0.618. The number of nitrogens with one attached hydrogen (secondary N) is 2. The lowest BCUT2D eigenvalue weighted by Gasteiger charge is -2.02. The van der Waals surface area contributed by atoms with E-state index in [9.17, 15) is 40.8 Å². The number of pyridine rings is 8. The van der Waals surface area contributed by atoms with Crippen LogP contribution in [-0.2, 0) is 0 Å². The van der Waals surface area contributed by atoms with Gasteiger partial charge in [-0.3, -0.25) is 30.3 Å². The number of rotatable bonds is 3. The van der Waals surface area contributed by atoms with Crippen molar-refractivity contribution in [2.24, 2.45) is 0 Å². The Bertz CT molecular complexity index is 4000. The van der Waals surface area contributed by atoms with Crippen molar-refractivity contribution in [1.29, 1.82) is 0 Å². The number of halogens is 5. The van der Waals surface area contributed by atoms with E-state index in [1.54, 1.807) is 44.6 Å². The molecule has 0 aliphatic rings. The van der Waals surface area contributed by atoms with Crippen LogP contribution >= 0.6 is 91.9 Å². The average Bonchev–Trinajstić information content (AvgIpc) is 2.27. The Labute approximate surface area is 543 Å². The van der Waals surface area contributed by atoms with Gasteiger partial charge in [-0.05, 0) is 139 Å². The molecule has 0 radical (unpaired) electrons. The fourth-order valence-corrected chi connectivity index (χ4v) is 7.63. The maximum Gasteiger partial charge on any atom is 0.332 e. The fraction of sp³-hybridized carbons (Fsp3) is 0.154. The number of nitrogens with zero attached hydrogens (tertiary/aromatic N) is 14. The van der Waals surface area contributed by atoms with Crippen molar-refractivity contribution in [3.8, 4) is 0 Å². The van der Waals surface area contributed by atoms with Gasteiger partial charge in [-0.2, -0.15) is 9.46 Å². The molecule has 0 aliphatic heterocycles. The molecule has 12 N–H and O–H groups in total. The van der Waals surface area contributed by atoms with Crippen molar-refractivity contribution >= 4 is 166 Å². The van der Waals surface area contributed by atoms with Crippen molar-refractivity contribution in [2.45, 2.75) is 55.4 Å². The largest absolute Gasteiger partial charge is 0.618 e. The van der Waals surface area contributed by atoms with E-state index in [1.165, 1.54) is 37.9 Å². The minimum absolute atomic E-state index is 0.00556. The van der Waals surface area contributed by atoms with Crippen LogP contribution in [0.5, 0.6) is 0 Å². The molecular weight excluding hydrogens is 1480 g/mol. The van der Waals surface area contributed by atoms with Crippen LogP contribution in [0.15, 0.2) is 109 Å². The first-order valence-corrected chi connectivity index (χ1v) is 28.1. The molecule has 0 amide bonds. The zero-order valence-corrected chi connectivity index (χ0v) is 55.5. The number of nitrogens with two attached hydrogens (primary N) is 5. The maximum absolute atomic E-state index is 10.9. The van der Waals surface area contributed by atoms with Crippen LogP contribution in [0, 0.1) is 121 Å². The molecule has 0 unspecified atom stereocenters. The number of fused-ring (bicyclic) bond motifs is 1. The Morgan fingerprint density at radius 3 is 1.45 bits per heavy atom. The number of aromatic amines is 2. The number of hydrogen-bond donors (Lipinski definition) is 7. The van der Waals surface area contributed by atoms with E-state index in [0.717, 1.165) is 65.9 Å². The molecule has 9 aromatic rings. The van der Waals surface area contributed by atoms with Crippen LogP contribution in [-0.4, -0.2) is 54.6 Å². The SMILES string of the molecule is Cc1c(Br)ncc([N+](=O)[O-])c1N.Cc1c(N)ccnc1Br.Cc1c([N+](=O)[O-])cc[n+]([O-])c1Br.Cc1ccc[n+]([O-])c1Br.Cc1cccnc1Br.[C-]#[N+]c1ncc(N)c(N)c1C.[C-]#[N+]c1ncc([N+](=O)[O-])c(N)c1C.[C-]#[N+]c1ncc2[nH]c(=S)[nH]c2c1C. The highest BCUT2D eigenvalue weighted by Crippen LogP contribution is 2.31. The van der Waals surface area contributed by atoms with Crippen molar-refractivity contribution < 1.29 is 24.2 Å². The quantitative estimate of drug-likeness (QED) is 0.0164. The van der Waals surface area contributed by atoms with Gasteiger partial charge < -0.3 is 63.6 Å². The summed E-state index contributed by atoms with van der Waals surface area (Å²) in [5.74, 6) is 0.831. The van der Waals surface area contributed by atoms with Gasteiger partial charge in [0.25, 0.3) is 32.3 Å². The monoisotopic (exact) mass is 1520 g/mol. The van der Waals surface area contributed by atoms with Gasteiger partial charge in [0.15, 0.2) is 23.4 Å². The van der Waals surface area contributed by atoms with Gasteiger partial charge in [0, 0.05) is 89.4 Å². The topological polar surface area (TPSA) is 435 Å². The summed E-state index contributed by atoms with van der Waals surface area (Å²) in [6.45, 7) is 34.4. The Morgan fingerprint density at radius 1 is 0.494 bits per heavy atom. The molecule has 35 heteroatoms. The van der Waals surface area contributed by atoms with Gasteiger partial charge in [-0.25, -0.2) is 15.0 Å². The number of imidazole rings is 1. The molecule has 452 valence electrons. The van der Waals surface area contributed by atoms with Gasteiger partial charge in [0.05, 0.1) is 37.7 Å². The van der Waals surface area contributed by atoms with E-state index in [4.69, 9.17) is 60.6 Å². The second-order valence-corrected chi connectivity index (χ2v) is 21.1. The minimum atomic E-state index is -0.622. The average molecular weight is 1530 g/mol. The third-order valence-corrected chi connectivity index (χ3v) is 15.7. The molecule has 0 spiro atoms. The van der Waals surface area contributed by atoms with Crippen LogP contribution < -0.4 is 38.1 Å². The lowest BCUT2D eigenvalue weighted by Crippen LogP contribution is -2.28. The predicted molar refractivity (Wildman–Crippen MR) is 350 cm³/mol. The van der Waals surface area contributed by atoms with E-state index >= 15 is 0 Å². The number of aromatic nitrogens is 10. The highest BCUT2D eigenvalue weighted by molar-refractivity contribution is 9.11. The summed E-state index contributed by atoms with van der Waals surface area (Å²) >= 11 is 20.7. The number of nitro groups is 3. The van der Waals surface area contributed by atoms with Gasteiger partial charge in [0.2, 0.25) is 0 Å². The second kappa shape index (κ2) is 35.1. The molecule has 9 rings (SSSR count). The number of hydrogen-bond acceptors (Lipinski definition) is 20. The minimum Gasteiger partial charge on any atom is -0.618 e. The standard InChI is InChI=1S/C8H6N4S.C7H6N4O2.C7H8N4.C6H6BrN3O2.C6H5BrN2O3.C6H7BrN2.C6H6BrNO.C6H6BrN/c1-4-6-5(11-8(13)12-6)3-10-7(4)9-2;1-4-6(8)5(11(12)13)3-10-7(4)9-2;1-4-6(9)5(8)3-11-7(4)10-2;1-3-5(8)4(10(11)12)2-9-6(3)7;1-4-5(9(11)12)2-3-8(10)6(4)7;1-4-5(8)2-3-9-6(4)7;1-5-3-2-4-8(9)6(5)7;1-5-3-2-4-8-6(5)7/h3H,1H3,(H2,11,12,13);3H,1H3,(H2,8,10);3H,8H2,1H3,(H2,9,11);2H,1H3,(H2,8,9);2-3H,1H3;2-3H,1H3,(H2,8,9);2-4H,1H3;2-4H,1H3. The van der Waals surface area contributed by atoms with Crippen molar-refractivity contribution in [3.63, 3.8) is 0 Å². The molecule has 0 saturated heterocycles. The van der Waals surface area contributed by atoms with Crippen LogP contribution in [0.3, 0.4) is 0 Å². The molecule has 87 heavy (non-hydrogen) atoms. The third-order valence-electron chi connectivity index (χ3n) is 11.2. The van der Waals surface area contributed by atoms with Crippen LogP contribution in [0.1, 0.15) is 44.5 Å². The van der Waals surface area contributed by atoms with Gasteiger partial charge in [0.1, 0.15) is 54.9 Å². The lowest BCUT2D eigenvalue weighted by atomic mass is 10.2. The fourth-order valence-electron chi connectivity index (χ4n) is 5.94. The van der Waals surface area contributed by atoms with E-state index < -0.39 is 14.8 Å².